The third kappa shape index (κ3) is 3.99. The fourth-order valence-electron chi connectivity index (χ4n) is 3.98. The first-order chi connectivity index (χ1) is 13.7. The van der Waals surface area contributed by atoms with Gasteiger partial charge in [-0.15, -0.1) is 0 Å². The minimum absolute atomic E-state index is 0.0294. The molecule has 0 amide bonds. The second-order valence-corrected chi connectivity index (χ2v) is 8.07. The summed E-state index contributed by atoms with van der Waals surface area (Å²) in [6.07, 6.45) is 1.08. The van der Waals surface area contributed by atoms with Gasteiger partial charge in [0.2, 0.25) is 11.9 Å². The molecule has 4 rings (SSSR count). The molecule has 1 saturated heterocycles. The molecule has 4 atom stereocenters. The normalized spacial score (nSPS) is 27.2. The van der Waals surface area contributed by atoms with Gasteiger partial charge in [0.1, 0.15) is 12.0 Å². The number of nitrogens with zero attached hydrogens (tertiary/aromatic N) is 5. The number of nitrogen functional groups attached to an aromatic ring is 1. The third-order valence-electron chi connectivity index (χ3n) is 5.57. The van der Waals surface area contributed by atoms with Gasteiger partial charge in [0.25, 0.3) is 0 Å². The van der Waals surface area contributed by atoms with Crippen molar-refractivity contribution in [2.75, 3.05) is 17.6 Å². The lowest BCUT2D eigenvalue weighted by Crippen LogP contribution is -2.40. The summed E-state index contributed by atoms with van der Waals surface area (Å²) in [4.78, 5) is 12.6. The lowest BCUT2D eigenvalue weighted by molar-refractivity contribution is 0.0558. The third-order valence-corrected chi connectivity index (χ3v) is 5.57. The van der Waals surface area contributed by atoms with Crippen LogP contribution in [0.2, 0.25) is 0 Å². The van der Waals surface area contributed by atoms with Crippen LogP contribution in [-0.2, 0) is 5.54 Å². The Morgan fingerprint density at radius 1 is 1.28 bits per heavy atom. The van der Waals surface area contributed by atoms with E-state index in [-0.39, 0.29) is 29.7 Å². The highest BCUT2D eigenvalue weighted by atomic mass is 19.3. The van der Waals surface area contributed by atoms with Crippen molar-refractivity contribution in [2.24, 2.45) is 5.92 Å². The van der Waals surface area contributed by atoms with Crippen LogP contribution in [0.4, 0.5) is 25.1 Å². The Balaban J connectivity index is 1.56. The molecule has 9 nitrogen and oxygen atoms in total. The van der Waals surface area contributed by atoms with E-state index in [2.05, 4.69) is 36.2 Å². The molecule has 12 heteroatoms. The first-order valence-electron chi connectivity index (χ1n) is 9.49. The summed E-state index contributed by atoms with van der Waals surface area (Å²) in [6.45, 7) is 1.52. The van der Waals surface area contributed by atoms with E-state index in [1.807, 2.05) is 0 Å². The number of nitrogens with one attached hydrogen (secondary N) is 3. The maximum atomic E-state index is 14.8. The fraction of sp³-hybridized carbons (Fsp3) is 0.647. The first kappa shape index (κ1) is 19.8. The smallest absolute Gasteiger partial charge is 0.333 e. The van der Waals surface area contributed by atoms with Crippen molar-refractivity contribution in [1.29, 1.82) is 0 Å². The molecule has 2 aliphatic rings. The van der Waals surface area contributed by atoms with Crippen LogP contribution in [0.1, 0.15) is 50.7 Å². The summed E-state index contributed by atoms with van der Waals surface area (Å²) in [7, 11) is 0. The van der Waals surface area contributed by atoms with Gasteiger partial charge < -0.3 is 11.1 Å². The molecule has 4 unspecified atom stereocenters. The van der Waals surface area contributed by atoms with Crippen molar-refractivity contribution in [3.63, 3.8) is 0 Å². The molecule has 0 bridgehead atoms. The van der Waals surface area contributed by atoms with Crippen LogP contribution in [0.3, 0.4) is 0 Å². The number of fused-ring (bicyclic) bond motifs is 1. The standard InChI is InChI=1S/C17H24F3N9/c1-17(2,12-3-4-29(28-12)14(19)20)26-16-24-13(23-15(21)25-16)9-6-11-8(5-10(9)18)7-22-27-11/h3-4,8-11,14,22,27H,5-7H2,1-2H3,(H3,21,23,24,25,26). The second-order valence-electron chi connectivity index (χ2n) is 8.07. The fourth-order valence-corrected chi connectivity index (χ4v) is 3.98. The molecule has 5 N–H and O–H groups in total. The zero-order valence-electron chi connectivity index (χ0n) is 16.1. The van der Waals surface area contributed by atoms with Crippen molar-refractivity contribution in [3.8, 4) is 0 Å². The summed E-state index contributed by atoms with van der Waals surface area (Å²) < 4.78 is 41.0. The minimum Gasteiger partial charge on any atom is -0.368 e. The Labute approximate surface area is 165 Å². The summed E-state index contributed by atoms with van der Waals surface area (Å²) >= 11 is 0. The van der Waals surface area contributed by atoms with Crippen molar-refractivity contribution in [3.05, 3.63) is 23.8 Å². The number of halogens is 3. The summed E-state index contributed by atoms with van der Waals surface area (Å²) in [5.41, 5.74) is 11.6. The molecule has 2 aromatic rings. The second kappa shape index (κ2) is 7.41. The number of nitrogens with two attached hydrogens (primary N) is 1. The molecule has 2 fully saturated rings. The van der Waals surface area contributed by atoms with Gasteiger partial charge in [-0.25, -0.2) is 9.07 Å². The molecule has 1 saturated carbocycles. The molecule has 29 heavy (non-hydrogen) atoms. The average Bonchev–Trinajstić information content (AvgIpc) is 3.29. The number of hydrogen-bond donors (Lipinski definition) is 4. The predicted molar refractivity (Wildman–Crippen MR) is 99.7 cm³/mol. The van der Waals surface area contributed by atoms with E-state index in [0.29, 0.717) is 23.2 Å². The Bertz CT molecular complexity index is 872. The Morgan fingerprint density at radius 2 is 2.07 bits per heavy atom. The molecule has 0 radical (unpaired) electrons. The van der Waals surface area contributed by atoms with Gasteiger partial charge in [-0.05, 0) is 38.7 Å². The SMILES string of the molecule is CC(C)(Nc1nc(N)nc(C2CC3NNCC3CC2F)n1)c1ccn(C(F)F)n1. The van der Waals surface area contributed by atoms with Gasteiger partial charge >= 0.3 is 6.55 Å². The average molecular weight is 411 g/mol. The summed E-state index contributed by atoms with van der Waals surface area (Å²) in [5, 5.41) is 6.94. The van der Waals surface area contributed by atoms with Crippen LogP contribution in [-0.4, -0.2) is 43.5 Å². The van der Waals surface area contributed by atoms with E-state index in [9.17, 15) is 13.2 Å². The number of hydrazine groups is 1. The molecular weight excluding hydrogens is 387 g/mol. The van der Waals surface area contributed by atoms with Crippen LogP contribution in [0.5, 0.6) is 0 Å². The molecule has 1 aliphatic carbocycles. The number of alkyl halides is 3. The molecule has 2 aromatic heterocycles. The van der Waals surface area contributed by atoms with E-state index in [4.69, 9.17) is 5.73 Å². The molecule has 1 aliphatic heterocycles. The quantitative estimate of drug-likeness (QED) is 0.587. The Hall–Kier alpha value is -2.47. The van der Waals surface area contributed by atoms with Crippen LogP contribution in [0, 0.1) is 5.92 Å². The molecule has 0 aromatic carbocycles. The highest BCUT2D eigenvalue weighted by Crippen LogP contribution is 2.38. The van der Waals surface area contributed by atoms with E-state index in [1.54, 1.807) is 13.8 Å². The largest absolute Gasteiger partial charge is 0.368 e. The predicted octanol–water partition coefficient (Wildman–Crippen LogP) is 1.70. The van der Waals surface area contributed by atoms with Crippen LogP contribution >= 0.6 is 0 Å². The van der Waals surface area contributed by atoms with E-state index in [0.717, 1.165) is 6.54 Å². The monoisotopic (exact) mass is 411 g/mol. The van der Waals surface area contributed by atoms with Gasteiger partial charge in [0.05, 0.1) is 17.2 Å². The van der Waals surface area contributed by atoms with Crippen LogP contribution < -0.4 is 21.9 Å². The maximum Gasteiger partial charge on any atom is 0.333 e. The van der Waals surface area contributed by atoms with Crippen molar-refractivity contribution in [1.82, 2.24) is 35.6 Å². The van der Waals surface area contributed by atoms with E-state index >= 15 is 0 Å². The Kier molecular flexibility index (Phi) is 5.07. The van der Waals surface area contributed by atoms with Crippen LogP contribution in [0.25, 0.3) is 0 Å². The summed E-state index contributed by atoms with van der Waals surface area (Å²) in [6, 6.07) is 1.64. The van der Waals surface area contributed by atoms with E-state index < -0.39 is 24.2 Å². The van der Waals surface area contributed by atoms with E-state index in [1.165, 1.54) is 12.3 Å². The number of anilines is 2. The zero-order chi connectivity index (χ0) is 20.8. The van der Waals surface area contributed by atoms with Crippen LogP contribution in [0.15, 0.2) is 12.3 Å². The zero-order valence-corrected chi connectivity index (χ0v) is 16.1. The van der Waals surface area contributed by atoms with Crippen molar-refractivity contribution < 1.29 is 13.2 Å². The van der Waals surface area contributed by atoms with Gasteiger partial charge in [-0.2, -0.15) is 28.8 Å². The molecular formula is C17H24F3N9. The highest BCUT2D eigenvalue weighted by molar-refractivity contribution is 5.37. The maximum absolute atomic E-state index is 14.8. The van der Waals surface area contributed by atoms with Crippen molar-refractivity contribution in [2.45, 2.75) is 56.9 Å². The minimum atomic E-state index is -2.73. The molecule has 158 valence electrons. The lowest BCUT2D eigenvalue weighted by Gasteiger charge is -2.33. The van der Waals surface area contributed by atoms with Gasteiger partial charge in [-0.3, -0.25) is 10.9 Å². The van der Waals surface area contributed by atoms with Gasteiger partial charge in [0.15, 0.2) is 0 Å². The number of aromatic nitrogens is 5. The van der Waals surface area contributed by atoms with Gasteiger partial charge in [0, 0.05) is 18.8 Å². The number of hydrogen-bond acceptors (Lipinski definition) is 8. The summed E-state index contributed by atoms with van der Waals surface area (Å²) in [5.74, 6) is 0.139. The lowest BCUT2D eigenvalue weighted by atomic mass is 9.77. The highest BCUT2D eigenvalue weighted by Gasteiger charge is 2.42. The first-order valence-corrected chi connectivity index (χ1v) is 9.49. The molecule has 3 heterocycles. The Morgan fingerprint density at radius 3 is 2.79 bits per heavy atom. The molecule has 0 spiro atoms. The number of rotatable bonds is 5. The topological polar surface area (TPSA) is 119 Å². The van der Waals surface area contributed by atoms with Crippen molar-refractivity contribution >= 4 is 11.9 Å². The van der Waals surface area contributed by atoms with Gasteiger partial charge in [-0.1, -0.05) is 0 Å².